The second-order valence-electron chi connectivity index (χ2n) is 8.65. The summed E-state index contributed by atoms with van der Waals surface area (Å²) >= 11 is 12.3. The van der Waals surface area contributed by atoms with Crippen molar-refractivity contribution in [2.75, 3.05) is 19.7 Å². The summed E-state index contributed by atoms with van der Waals surface area (Å²) in [6.45, 7) is 5.71. The lowest BCUT2D eigenvalue weighted by Crippen LogP contribution is -2.33. The fourth-order valence-electron chi connectivity index (χ4n) is 4.30. The molecule has 1 aliphatic rings. The van der Waals surface area contributed by atoms with Gasteiger partial charge in [-0.1, -0.05) is 48.3 Å². The Morgan fingerprint density at radius 3 is 2.43 bits per heavy atom. The van der Waals surface area contributed by atoms with Crippen LogP contribution in [0.1, 0.15) is 55.3 Å². The molecule has 1 saturated heterocycles. The number of halogens is 2. The molecule has 188 valence electrons. The monoisotopic (exact) mass is 520 g/mol. The van der Waals surface area contributed by atoms with Crippen LogP contribution < -0.4 is 4.74 Å². The van der Waals surface area contributed by atoms with E-state index in [4.69, 9.17) is 27.9 Å². The molecule has 1 unspecified atom stereocenters. The molecule has 1 heterocycles. The van der Waals surface area contributed by atoms with Gasteiger partial charge in [0, 0.05) is 25.4 Å². The molecule has 2 aromatic rings. The molecule has 0 spiro atoms. The zero-order valence-electron chi connectivity index (χ0n) is 19.9. The van der Waals surface area contributed by atoms with E-state index < -0.39 is 5.97 Å². The molecular weight excluding hydrogens is 491 g/mol. The average molecular weight is 521 g/mol. The van der Waals surface area contributed by atoms with Gasteiger partial charge in [-0.2, -0.15) is 0 Å². The topological polar surface area (TPSA) is 87.2 Å². The summed E-state index contributed by atoms with van der Waals surface area (Å²) in [5.74, 6) is -0.516. The SMILES string of the molecule is CCCN(Cc1ccc(OCCN2C(=O)CCC2=O)c(C)c1)C(CC(=O)O)c1ccc(Cl)c(Cl)c1. The number of hydrogen-bond donors (Lipinski definition) is 1. The maximum atomic E-state index is 11.7. The van der Waals surface area contributed by atoms with Gasteiger partial charge in [0.2, 0.25) is 11.8 Å². The van der Waals surface area contributed by atoms with Gasteiger partial charge in [-0.15, -0.1) is 0 Å². The Morgan fingerprint density at radius 1 is 1.11 bits per heavy atom. The van der Waals surface area contributed by atoms with Crippen LogP contribution in [0, 0.1) is 6.92 Å². The summed E-state index contributed by atoms with van der Waals surface area (Å²) in [5, 5.41) is 10.4. The van der Waals surface area contributed by atoms with Gasteiger partial charge >= 0.3 is 5.97 Å². The van der Waals surface area contributed by atoms with Crippen molar-refractivity contribution >= 4 is 41.0 Å². The van der Waals surface area contributed by atoms with Gasteiger partial charge in [-0.25, -0.2) is 0 Å². The highest BCUT2D eigenvalue weighted by Gasteiger charge is 2.28. The van der Waals surface area contributed by atoms with Crippen molar-refractivity contribution < 1.29 is 24.2 Å². The van der Waals surface area contributed by atoms with Crippen LogP contribution in [0.25, 0.3) is 0 Å². The normalized spacial score (nSPS) is 14.6. The first-order valence-corrected chi connectivity index (χ1v) is 12.4. The second-order valence-corrected chi connectivity index (χ2v) is 9.46. The highest BCUT2D eigenvalue weighted by Crippen LogP contribution is 2.32. The molecule has 0 radical (unpaired) electrons. The maximum Gasteiger partial charge on any atom is 0.305 e. The van der Waals surface area contributed by atoms with Gasteiger partial charge in [0.05, 0.1) is 23.0 Å². The largest absolute Gasteiger partial charge is 0.491 e. The number of imide groups is 1. The van der Waals surface area contributed by atoms with Gasteiger partial charge in [0.1, 0.15) is 12.4 Å². The average Bonchev–Trinajstić information content (AvgIpc) is 3.12. The summed E-state index contributed by atoms with van der Waals surface area (Å²) in [4.78, 5) is 38.6. The lowest BCUT2D eigenvalue weighted by molar-refractivity contribution is -0.140. The first-order valence-electron chi connectivity index (χ1n) is 11.7. The molecule has 7 nitrogen and oxygen atoms in total. The van der Waals surface area contributed by atoms with E-state index in [0.717, 1.165) is 23.1 Å². The molecular formula is C26H30Cl2N2O5. The van der Waals surface area contributed by atoms with Gasteiger partial charge in [-0.3, -0.25) is 24.2 Å². The number of ether oxygens (including phenoxy) is 1. The number of aliphatic carboxylic acids is 1. The van der Waals surface area contributed by atoms with E-state index in [2.05, 4.69) is 11.8 Å². The minimum atomic E-state index is -0.892. The van der Waals surface area contributed by atoms with E-state index in [0.29, 0.717) is 28.9 Å². The van der Waals surface area contributed by atoms with Crippen LogP contribution in [-0.4, -0.2) is 52.4 Å². The van der Waals surface area contributed by atoms with E-state index in [9.17, 15) is 19.5 Å². The molecule has 0 saturated carbocycles. The number of benzene rings is 2. The summed E-state index contributed by atoms with van der Waals surface area (Å²) in [6, 6.07) is 10.7. The van der Waals surface area contributed by atoms with Crippen LogP contribution in [0.2, 0.25) is 10.0 Å². The minimum Gasteiger partial charge on any atom is -0.491 e. The van der Waals surface area contributed by atoms with E-state index in [1.165, 1.54) is 4.90 Å². The maximum absolute atomic E-state index is 11.7. The van der Waals surface area contributed by atoms with Crippen molar-refractivity contribution in [3.05, 3.63) is 63.1 Å². The Labute approximate surface area is 215 Å². The quantitative estimate of drug-likeness (QED) is 0.384. The van der Waals surface area contributed by atoms with E-state index in [1.807, 2.05) is 31.2 Å². The lowest BCUT2D eigenvalue weighted by Gasteiger charge is -2.31. The van der Waals surface area contributed by atoms with Crippen LogP contribution in [0.15, 0.2) is 36.4 Å². The number of carbonyl (C=O) groups excluding carboxylic acids is 2. The number of likely N-dealkylation sites (tertiary alicyclic amines) is 1. The highest BCUT2D eigenvalue weighted by molar-refractivity contribution is 6.42. The molecule has 35 heavy (non-hydrogen) atoms. The van der Waals surface area contributed by atoms with Gasteiger partial charge in [-0.05, 0) is 54.8 Å². The third-order valence-corrected chi connectivity index (χ3v) is 6.74. The fraction of sp³-hybridized carbons (Fsp3) is 0.423. The summed E-state index contributed by atoms with van der Waals surface area (Å²) < 4.78 is 5.83. The molecule has 0 aliphatic carbocycles. The van der Waals surface area contributed by atoms with E-state index in [1.54, 1.807) is 12.1 Å². The first-order chi connectivity index (χ1) is 16.7. The number of nitrogens with zero attached hydrogens (tertiary/aromatic N) is 2. The van der Waals surface area contributed by atoms with Gasteiger partial charge in [0.15, 0.2) is 0 Å². The zero-order valence-corrected chi connectivity index (χ0v) is 21.4. The van der Waals surface area contributed by atoms with E-state index in [-0.39, 0.29) is 50.3 Å². The summed E-state index contributed by atoms with van der Waals surface area (Å²) in [6.07, 6.45) is 1.33. The number of carboxylic acid groups (broad SMARTS) is 1. The standard InChI is InChI=1S/C26H30Cl2N2O5/c1-3-10-29(22(15-26(33)34)19-5-6-20(27)21(28)14-19)16-18-4-7-23(17(2)13-18)35-12-11-30-24(31)8-9-25(30)32/h4-7,13-14,22H,3,8-12,15-16H2,1-2H3,(H,33,34). The van der Waals surface area contributed by atoms with Crippen LogP contribution in [0.3, 0.4) is 0 Å². The molecule has 2 amide bonds. The fourth-order valence-corrected chi connectivity index (χ4v) is 4.61. The Morgan fingerprint density at radius 2 is 1.83 bits per heavy atom. The number of carboxylic acids is 1. The number of hydrogen-bond acceptors (Lipinski definition) is 5. The Kier molecular flexibility index (Phi) is 9.55. The van der Waals surface area contributed by atoms with Crippen molar-refractivity contribution in [3.63, 3.8) is 0 Å². The molecule has 0 bridgehead atoms. The lowest BCUT2D eigenvalue weighted by atomic mass is 10.00. The molecule has 1 N–H and O–H groups in total. The Hall–Kier alpha value is -2.61. The number of amides is 2. The predicted octanol–water partition coefficient (Wildman–Crippen LogP) is 5.26. The molecule has 3 rings (SSSR count). The van der Waals surface area contributed by atoms with Crippen molar-refractivity contribution in [2.45, 2.75) is 52.1 Å². The van der Waals surface area contributed by atoms with Crippen molar-refractivity contribution in [1.82, 2.24) is 9.80 Å². The van der Waals surface area contributed by atoms with Gasteiger partial charge < -0.3 is 9.84 Å². The van der Waals surface area contributed by atoms with Crippen LogP contribution in [0.5, 0.6) is 5.75 Å². The first kappa shape index (κ1) is 27.0. The number of rotatable bonds is 12. The third kappa shape index (κ3) is 7.19. The second kappa shape index (κ2) is 12.4. The summed E-state index contributed by atoms with van der Waals surface area (Å²) in [5.41, 5.74) is 2.74. The van der Waals surface area contributed by atoms with Crippen LogP contribution in [-0.2, 0) is 20.9 Å². The molecule has 9 heteroatoms. The van der Waals surface area contributed by atoms with Crippen LogP contribution >= 0.6 is 23.2 Å². The Bertz CT molecular complexity index is 1080. The molecule has 1 aliphatic heterocycles. The number of aryl methyl sites for hydroxylation is 1. The third-order valence-electron chi connectivity index (χ3n) is 6.00. The molecule has 1 atom stereocenters. The minimum absolute atomic E-state index is 0.0634. The Balaban J connectivity index is 1.72. The smallest absolute Gasteiger partial charge is 0.305 e. The predicted molar refractivity (Wildman–Crippen MR) is 135 cm³/mol. The summed E-state index contributed by atoms with van der Waals surface area (Å²) in [7, 11) is 0. The highest BCUT2D eigenvalue weighted by atomic mass is 35.5. The number of carbonyl (C=O) groups is 3. The van der Waals surface area contributed by atoms with Crippen molar-refractivity contribution in [2.24, 2.45) is 0 Å². The van der Waals surface area contributed by atoms with Crippen molar-refractivity contribution in [3.8, 4) is 5.75 Å². The van der Waals surface area contributed by atoms with E-state index >= 15 is 0 Å². The van der Waals surface area contributed by atoms with Crippen molar-refractivity contribution in [1.29, 1.82) is 0 Å². The molecule has 2 aromatic carbocycles. The zero-order chi connectivity index (χ0) is 25.5. The molecule has 1 fully saturated rings. The van der Waals surface area contributed by atoms with Gasteiger partial charge in [0.25, 0.3) is 0 Å². The molecule has 0 aromatic heterocycles. The van der Waals surface area contributed by atoms with Crippen LogP contribution in [0.4, 0.5) is 0 Å².